The molecule has 1 aliphatic rings. The number of amides is 2. The topological polar surface area (TPSA) is 148 Å². The molecule has 0 spiro atoms. The van der Waals surface area contributed by atoms with Crippen molar-refractivity contribution in [1.82, 2.24) is 20.2 Å². The highest BCUT2D eigenvalue weighted by Gasteiger charge is 2.37. The van der Waals surface area contributed by atoms with E-state index in [9.17, 15) is 24.0 Å². The fourth-order valence-corrected chi connectivity index (χ4v) is 5.53. The maximum absolute atomic E-state index is 12.9. The molecule has 4 rings (SSSR count). The van der Waals surface area contributed by atoms with Crippen LogP contribution in [-0.4, -0.2) is 70.0 Å². The molecule has 0 saturated carbocycles. The highest BCUT2D eigenvalue weighted by molar-refractivity contribution is 7.13. The smallest absolute Gasteiger partial charge is 0.408 e. The minimum atomic E-state index is -0.685. The number of para-hydroxylation sites is 2. The summed E-state index contributed by atoms with van der Waals surface area (Å²) < 4.78 is 10.2. The summed E-state index contributed by atoms with van der Waals surface area (Å²) >= 11 is 1.52. The average molecular weight is 697 g/mol. The highest BCUT2D eigenvalue weighted by atomic mass is 32.1. The van der Waals surface area contributed by atoms with Gasteiger partial charge in [0.05, 0.1) is 34.5 Å². The number of benzene rings is 1. The van der Waals surface area contributed by atoms with Crippen molar-refractivity contribution in [2.24, 2.45) is 17.8 Å². The van der Waals surface area contributed by atoms with Gasteiger partial charge in [0.2, 0.25) is 5.91 Å². The predicted octanol–water partition coefficient (Wildman–Crippen LogP) is 6.78. The number of carbonyl (C=O) groups excluding carboxylic acids is 4. The van der Waals surface area contributed by atoms with Gasteiger partial charge in [0.15, 0.2) is 5.78 Å². The number of likely N-dealkylation sites (tertiary alicyclic amines) is 1. The number of fused-ring (bicyclic) bond motifs is 1. The number of carbonyl (C=O) groups is 4. The monoisotopic (exact) mass is 696 g/mol. The molecule has 1 aliphatic heterocycles. The summed E-state index contributed by atoms with van der Waals surface area (Å²) in [5, 5.41) is 4.36. The van der Waals surface area contributed by atoms with Gasteiger partial charge < -0.3 is 24.7 Å². The van der Waals surface area contributed by atoms with E-state index < -0.39 is 29.6 Å². The van der Waals surface area contributed by atoms with Crippen molar-refractivity contribution in [3.05, 3.63) is 64.8 Å². The summed E-state index contributed by atoms with van der Waals surface area (Å²) in [6.07, 6.45) is 2.15. The lowest BCUT2D eigenvalue weighted by molar-refractivity contribution is -0.151. The molecule has 3 heterocycles. The van der Waals surface area contributed by atoms with Crippen LogP contribution in [0.4, 0.5) is 4.79 Å². The zero-order valence-electron chi connectivity index (χ0n) is 30.0. The summed E-state index contributed by atoms with van der Waals surface area (Å²) in [6, 6.07) is 10.7. The van der Waals surface area contributed by atoms with E-state index in [-0.39, 0.29) is 42.7 Å². The molecule has 1 saturated heterocycles. The third kappa shape index (κ3) is 13.6. The average Bonchev–Trinajstić information content (AvgIpc) is 3.74. The Morgan fingerprint density at radius 3 is 2.39 bits per heavy atom. The Morgan fingerprint density at radius 2 is 1.80 bits per heavy atom. The largest absolute Gasteiger partial charge is 0.466 e. The molecule has 11 nitrogen and oxygen atoms in total. The first kappa shape index (κ1) is 40.9. The molecule has 0 aliphatic carbocycles. The number of thiophene rings is 1. The van der Waals surface area contributed by atoms with Crippen molar-refractivity contribution in [3.8, 4) is 10.6 Å². The fourth-order valence-electron chi connectivity index (χ4n) is 4.82. The Kier molecular flexibility index (Phi) is 16.4. The van der Waals surface area contributed by atoms with Crippen LogP contribution in [0, 0.1) is 17.8 Å². The summed E-state index contributed by atoms with van der Waals surface area (Å²) in [5.74, 6) is -0.985. The summed E-state index contributed by atoms with van der Waals surface area (Å²) in [5.41, 5.74) is 1.27. The molecule has 3 atom stereocenters. The number of aromatic nitrogens is 2. The Morgan fingerprint density at radius 1 is 1.12 bits per heavy atom. The van der Waals surface area contributed by atoms with E-state index in [4.69, 9.17) is 9.47 Å². The predicted molar refractivity (Wildman–Crippen MR) is 194 cm³/mol. The molecule has 2 amide bonds. The molecule has 12 heteroatoms. The second-order valence-corrected chi connectivity index (χ2v) is 14.3. The number of aromatic amines is 1. The van der Waals surface area contributed by atoms with Gasteiger partial charge in [-0.15, -0.1) is 17.9 Å². The number of ether oxygens (including phenoxy) is 2. The Labute approximate surface area is 293 Å². The number of hydrogen-bond donors (Lipinski definition) is 2. The molecule has 49 heavy (non-hydrogen) atoms. The third-order valence-electron chi connectivity index (χ3n) is 7.10. The van der Waals surface area contributed by atoms with Crippen LogP contribution in [0.2, 0.25) is 0 Å². The first-order chi connectivity index (χ1) is 23.1. The minimum Gasteiger partial charge on any atom is -0.466 e. The van der Waals surface area contributed by atoms with Crippen LogP contribution in [0.15, 0.2) is 59.2 Å². The van der Waals surface area contributed by atoms with Gasteiger partial charge in [0.25, 0.3) is 5.56 Å². The van der Waals surface area contributed by atoms with Crippen LogP contribution >= 0.6 is 11.3 Å². The minimum absolute atomic E-state index is 0.0139. The van der Waals surface area contributed by atoms with Gasteiger partial charge >= 0.3 is 12.1 Å². The van der Waals surface area contributed by atoms with E-state index in [2.05, 4.69) is 42.6 Å². The van der Waals surface area contributed by atoms with Crippen LogP contribution in [0.5, 0.6) is 0 Å². The second kappa shape index (κ2) is 19.6. The number of nitrogens with one attached hydrogen (secondary N) is 2. The SMILES string of the molecule is C=CC(C)C(CC(=O)C1CCCN1C(=O)CNC(=O)OC(C)(C)C)C(=O)OCC.CC(C)C.O=c1[nH]c2ccccc2nc1-c1cccs1. The van der Waals surface area contributed by atoms with Crippen LogP contribution in [0.1, 0.15) is 74.7 Å². The van der Waals surface area contributed by atoms with Crippen LogP contribution in [-0.2, 0) is 23.9 Å². The molecule has 0 bridgehead atoms. The molecular formula is C37H52N4O7S. The Balaban J connectivity index is 0.000000344. The molecule has 2 aromatic heterocycles. The van der Waals surface area contributed by atoms with E-state index >= 15 is 0 Å². The number of allylic oxidation sites excluding steroid dienone is 1. The van der Waals surface area contributed by atoms with E-state index in [1.54, 1.807) is 33.8 Å². The maximum Gasteiger partial charge on any atom is 0.408 e. The van der Waals surface area contributed by atoms with Gasteiger partial charge in [-0.05, 0) is 76.0 Å². The van der Waals surface area contributed by atoms with Gasteiger partial charge in [-0.1, -0.05) is 52.0 Å². The molecule has 3 unspecified atom stereocenters. The van der Waals surface area contributed by atoms with Gasteiger partial charge in [-0.25, -0.2) is 9.78 Å². The Bertz CT molecular complexity index is 1590. The molecule has 1 aromatic carbocycles. The first-order valence-electron chi connectivity index (χ1n) is 16.7. The van der Waals surface area contributed by atoms with Crippen molar-refractivity contribution in [3.63, 3.8) is 0 Å². The van der Waals surface area contributed by atoms with Crippen molar-refractivity contribution in [2.45, 2.75) is 86.3 Å². The number of esters is 1. The van der Waals surface area contributed by atoms with Gasteiger partial charge in [0.1, 0.15) is 17.8 Å². The number of Topliss-reactive ketones (excluding diaryl/α,β-unsaturated/α-hetero) is 1. The van der Waals surface area contributed by atoms with Gasteiger partial charge in [-0.2, -0.15) is 0 Å². The quantitative estimate of drug-likeness (QED) is 0.174. The number of rotatable bonds is 10. The summed E-state index contributed by atoms with van der Waals surface area (Å²) in [7, 11) is 0. The molecule has 2 N–H and O–H groups in total. The first-order valence-corrected chi connectivity index (χ1v) is 17.6. The Hall–Kier alpha value is -4.32. The van der Waals surface area contributed by atoms with Crippen LogP contribution in [0.3, 0.4) is 0 Å². The van der Waals surface area contributed by atoms with Crippen molar-refractivity contribution >= 4 is 46.1 Å². The second-order valence-electron chi connectivity index (χ2n) is 13.4. The number of alkyl carbamates (subject to hydrolysis) is 1. The van der Waals surface area contributed by atoms with E-state index in [0.717, 1.165) is 21.8 Å². The van der Waals surface area contributed by atoms with Crippen LogP contribution in [0.25, 0.3) is 21.6 Å². The van der Waals surface area contributed by atoms with Crippen LogP contribution < -0.4 is 10.9 Å². The lowest BCUT2D eigenvalue weighted by Crippen LogP contribution is -2.47. The number of H-pyrrole nitrogens is 1. The normalized spacial score (nSPS) is 15.2. The lowest BCUT2D eigenvalue weighted by atomic mass is 9.87. The number of ketones is 1. The van der Waals surface area contributed by atoms with Crippen molar-refractivity contribution < 1.29 is 28.7 Å². The number of nitrogens with zero attached hydrogens (tertiary/aromatic N) is 2. The molecule has 1 fully saturated rings. The van der Waals surface area contributed by atoms with E-state index in [1.165, 1.54) is 16.2 Å². The molecule has 3 aromatic rings. The molecule has 0 radical (unpaired) electrons. The van der Waals surface area contributed by atoms with Crippen molar-refractivity contribution in [1.29, 1.82) is 0 Å². The van der Waals surface area contributed by atoms with Crippen molar-refractivity contribution in [2.75, 3.05) is 19.7 Å². The van der Waals surface area contributed by atoms with Gasteiger partial charge in [-0.3, -0.25) is 19.2 Å². The highest BCUT2D eigenvalue weighted by Crippen LogP contribution is 2.25. The summed E-state index contributed by atoms with van der Waals surface area (Å²) in [6.45, 7) is 19.3. The zero-order valence-corrected chi connectivity index (χ0v) is 30.9. The zero-order chi connectivity index (χ0) is 36.7. The maximum atomic E-state index is 12.9. The summed E-state index contributed by atoms with van der Waals surface area (Å²) in [4.78, 5) is 70.8. The third-order valence-corrected chi connectivity index (χ3v) is 7.98. The molecule has 268 valence electrons. The standard InChI is InChI=1S/C21H34N2O6.C12H8N2OS.C4H10/c1-7-14(3)15(19(26)28-8-2)12-17(24)16-10-9-11-23(16)18(25)13-22-20(27)29-21(4,5)6;15-12-11(10-6-3-7-16-10)13-8-4-1-2-5-9(8)14-12;1-4(2)3/h7,14-16H,1,8-13H2,2-6H3,(H,22,27);1-7H,(H,14,15);4H,1-3H3. The van der Waals surface area contributed by atoms with E-state index in [0.29, 0.717) is 25.1 Å². The molecular weight excluding hydrogens is 644 g/mol. The number of hydrogen-bond acceptors (Lipinski definition) is 9. The van der Waals surface area contributed by atoms with Gasteiger partial charge in [0, 0.05) is 13.0 Å². The van der Waals surface area contributed by atoms with E-state index in [1.807, 2.05) is 48.7 Å². The lowest BCUT2D eigenvalue weighted by Gasteiger charge is -2.26. The fraction of sp³-hybridized carbons (Fsp3) is 0.514.